The Labute approximate surface area is 137 Å². The summed E-state index contributed by atoms with van der Waals surface area (Å²) in [6.07, 6.45) is 4.47. The van der Waals surface area contributed by atoms with Crippen LogP contribution in [0, 0.1) is 0 Å². The molecule has 1 aromatic rings. The van der Waals surface area contributed by atoms with Gasteiger partial charge < -0.3 is 9.84 Å². The molecule has 1 aliphatic heterocycles. The third-order valence-electron chi connectivity index (χ3n) is 4.99. The molecule has 4 nitrogen and oxygen atoms in total. The van der Waals surface area contributed by atoms with Gasteiger partial charge in [0.2, 0.25) is 0 Å². The van der Waals surface area contributed by atoms with Gasteiger partial charge >= 0.3 is 5.97 Å². The van der Waals surface area contributed by atoms with Crippen LogP contribution in [0.15, 0.2) is 42.0 Å². The zero-order valence-corrected chi connectivity index (χ0v) is 13.8. The molecule has 0 saturated carbocycles. The molecular weight excluding hydrogens is 290 g/mol. The molecule has 1 aliphatic carbocycles. The number of aliphatic carboxylic acids is 1. The van der Waals surface area contributed by atoms with Crippen molar-refractivity contribution in [1.82, 2.24) is 4.90 Å². The van der Waals surface area contributed by atoms with Gasteiger partial charge in [0, 0.05) is 18.2 Å². The Kier molecular flexibility index (Phi) is 4.83. The minimum atomic E-state index is -0.812. The summed E-state index contributed by atoms with van der Waals surface area (Å²) in [5.74, 6) is -0.812. The second kappa shape index (κ2) is 6.85. The highest BCUT2D eigenvalue weighted by atomic mass is 16.5. The predicted octanol–water partition coefficient (Wildman–Crippen LogP) is 3.23. The molecule has 1 N–H and O–H groups in total. The van der Waals surface area contributed by atoms with Crippen molar-refractivity contribution in [2.75, 3.05) is 0 Å². The maximum absolute atomic E-state index is 11.4. The van der Waals surface area contributed by atoms with Crippen LogP contribution >= 0.6 is 0 Å². The molecule has 1 fully saturated rings. The fourth-order valence-corrected chi connectivity index (χ4v) is 3.59. The molecule has 0 bridgehead atoms. The normalized spacial score (nSPS) is 29.1. The fraction of sp³-hybridized carbons (Fsp3) is 0.526. The highest BCUT2D eigenvalue weighted by Crippen LogP contribution is 2.43. The van der Waals surface area contributed by atoms with E-state index < -0.39 is 5.97 Å². The Morgan fingerprint density at radius 1 is 1.30 bits per heavy atom. The van der Waals surface area contributed by atoms with E-state index in [9.17, 15) is 9.90 Å². The van der Waals surface area contributed by atoms with E-state index in [1.165, 1.54) is 5.56 Å². The second-order valence-electron chi connectivity index (χ2n) is 6.46. The SMILES string of the molecule is CCC(CC)O[C@H]1C=C(C(=O)O)C[C@H]2[C@@H]1N2Cc1ccccc1. The van der Waals surface area contributed by atoms with Crippen molar-refractivity contribution in [2.45, 2.75) is 63.9 Å². The van der Waals surface area contributed by atoms with Crippen LogP contribution in [0.2, 0.25) is 0 Å². The van der Waals surface area contributed by atoms with E-state index in [0.717, 1.165) is 19.4 Å². The van der Waals surface area contributed by atoms with Crippen LogP contribution in [0.5, 0.6) is 0 Å². The van der Waals surface area contributed by atoms with Crippen molar-refractivity contribution in [3.8, 4) is 0 Å². The summed E-state index contributed by atoms with van der Waals surface area (Å²) in [4.78, 5) is 13.8. The summed E-state index contributed by atoms with van der Waals surface area (Å²) in [6.45, 7) is 5.09. The average Bonchev–Trinajstić information content (AvgIpc) is 3.26. The van der Waals surface area contributed by atoms with Gasteiger partial charge in [-0.1, -0.05) is 44.2 Å². The summed E-state index contributed by atoms with van der Waals surface area (Å²) in [5.41, 5.74) is 1.76. The standard InChI is InChI=1S/C19H25NO3/c1-3-15(4-2)23-17-11-14(19(21)22)10-16-18(17)20(16)12-13-8-6-5-7-9-13/h5-9,11,15-18H,3-4,10,12H2,1-2H3,(H,21,22)/t16-,17-,18-,20?/m0/s1. The molecule has 0 aromatic heterocycles. The smallest absolute Gasteiger partial charge is 0.331 e. The molecule has 2 aliphatic rings. The van der Waals surface area contributed by atoms with Crippen molar-refractivity contribution < 1.29 is 14.6 Å². The van der Waals surface area contributed by atoms with Crippen LogP contribution < -0.4 is 0 Å². The Hall–Kier alpha value is -1.65. The summed E-state index contributed by atoms with van der Waals surface area (Å²) < 4.78 is 6.21. The van der Waals surface area contributed by atoms with Crippen LogP contribution in [0.25, 0.3) is 0 Å². The van der Waals surface area contributed by atoms with Crippen molar-refractivity contribution >= 4 is 5.97 Å². The number of ether oxygens (including phenoxy) is 1. The molecule has 1 aromatic carbocycles. The number of hydrogen-bond donors (Lipinski definition) is 1. The number of nitrogens with zero attached hydrogens (tertiary/aromatic N) is 1. The number of fused-ring (bicyclic) bond motifs is 1. The highest BCUT2D eigenvalue weighted by Gasteiger charge is 2.54. The molecule has 124 valence electrons. The lowest BCUT2D eigenvalue weighted by molar-refractivity contribution is -0.133. The highest BCUT2D eigenvalue weighted by molar-refractivity contribution is 5.87. The van der Waals surface area contributed by atoms with Gasteiger partial charge in [0.1, 0.15) is 0 Å². The zero-order chi connectivity index (χ0) is 16.4. The topological polar surface area (TPSA) is 49.5 Å². The lowest BCUT2D eigenvalue weighted by atomic mass is 9.97. The summed E-state index contributed by atoms with van der Waals surface area (Å²) in [7, 11) is 0. The number of carbonyl (C=O) groups is 1. The fourth-order valence-electron chi connectivity index (χ4n) is 3.59. The van der Waals surface area contributed by atoms with E-state index in [0.29, 0.717) is 24.1 Å². The molecule has 0 spiro atoms. The third-order valence-corrected chi connectivity index (χ3v) is 4.99. The van der Waals surface area contributed by atoms with Gasteiger partial charge in [-0.3, -0.25) is 4.90 Å². The molecule has 1 unspecified atom stereocenters. The first kappa shape index (κ1) is 16.2. The molecule has 1 heterocycles. The van der Waals surface area contributed by atoms with Crippen LogP contribution in [-0.2, 0) is 16.1 Å². The van der Waals surface area contributed by atoms with E-state index in [4.69, 9.17) is 4.74 Å². The van der Waals surface area contributed by atoms with Crippen LogP contribution in [0.3, 0.4) is 0 Å². The second-order valence-corrected chi connectivity index (χ2v) is 6.46. The molecular formula is C19H25NO3. The van der Waals surface area contributed by atoms with Gasteiger partial charge in [0.15, 0.2) is 0 Å². The predicted molar refractivity (Wildman–Crippen MR) is 89.1 cm³/mol. The first-order valence-corrected chi connectivity index (χ1v) is 8.53. The Morgan fingerprint density at radius 2 is 2.00 bits per heavy atom. The summed E-state index contributed by atoms with van der Waals surface area (Å²) in [5, 5.41) is 9.37. The lowest BCUT2D eigenvalue weighted by Crippen LogP contribution is -2.30. The Morgan fingerprint density at radius 3 is 2.61 bits per heavy atom. The van der Waals surface area contributed by atoms with E-state index >= 15 is 0 Å². The van der Waals surface area contributed by atoms with Gasteiger partial charge in [0.05, 0.1) is 18.2 Å². The van der Waals surface area contributed by atoms with Gasteiger partial charge in [-0.05, 0) is 30.9 Å². The van der Waals surface area contributed by atoms with Gasteiger partial charge in [-0.15, -0.1) is 0 Å². The lowest BCUT2D eigenvalue weighted by Gasteiger charge is -2.23. The third kappa shape index (κ3) is 3.48. The molecule has 1 saturated heterocycles. The summed E-state index contributed by atoms with van der Waals surface area (Å²) in [6, 6.07) is 11.0. The Balaban J connectivity index is 1.73. The molecule has 4 atom stereocenters. The number of carboxylic acids is 1. The average molecular weight is 315 g/mol. The maximum atomic E-state index is 11.4. The van der Waals surface area contributed by atoms with Crippen molar-refractivity contribution in [3.05, 3.63) is 47.5 Å². The van der Waals surface area contributed by atoms with Crippen molar-refractivity contribution in [1.29, 1.82) is 0 Å². The summed E-state index contributed by atoms with van der Waals surface area (Å²) >= 11 is 0. The minimum Gasteiger partial charge on any atom is -0.478 e. The monoisotopic (exact) mass is 315 g/mol. The number of rotatable bonds is 7. The molecule has 0 radical (unpaired) electrons. The van der Waals surface area contributed by atoms with E-state index in [1.807, 2.05) is 24.3 Å². The minimum absolute atomic E-state index is 0.103. The van der Waals surface area contributed by atoms with Crippen molar-refractivity contribution in [2.24, 2.45) is 0 Å². The van der Waals surface area contributed by atoms with Crippen molar-refractivity contribution in [3.63, 3.8) is 0 Å². The first-order chi connectivity index (χ1) is 11.1. The van der Waals surface area contributed by atoms with E-state index in [2.05, 4.69) is 30.9 Å². The molecule has 3 rings (SSSR count). The number of hydrogen-bond acceptors (Lipinski definition) is 3. The molecule has 23 heavy (non-hydrogen) atoms. The first-order valence-electron chi connectivity index (χ1n) is 8.53. The Bertz CT molecular complexity index is 580. The van der Waals surface area contributed by atoms with E-state index in [1.54, 1.807) is 0 Å². The van der Waals surface area contributed by atoms with Crippen LogP contribution in [0.4, 0.5) is 0 Å². The number of benzene rings is 1. The number of carboxylic acid groups (broad SMARTS) is 1. The van der Waals surface area contributed by atoms with Gasteiger partial charge in [-0.25, -0.2) is 4.79 Å². The van der Waals surface area contributed by atoms with E-state index in [-0.39, 0.29) is 12.2 Å². The maximum Gasteiger partial charge on any atom is 0.331 e. The quantitative estimate of drug-likeness (QED) is 0.785. The van der Waals surface area contributed by atoms with Crippen LogP contribution in [-0.4, -0.2) is 40.3 Å². The van der Waals surface area contributed by atoms with Crippen LogP contribution in [0.1, 0.15) is 38.7 Å². The largest absolute Gasteiger partial charge is 0.478 e. The molecule has 4 heteroatoms. The zero-order valence-electron chi connectivity index (χ0n) is 13.8. The van der Waals surface area contributed by atoms with Gasteiger partial charge in [-0.2, -0.15) is 0 Å². The van der Waals surface area contributed by atoms with Gasteiger partial charge in [0.25, 0.3) is 0 Å². The molecule has 0 amide bonds.